The molecule has 0 aliphatic carbocycles. The Labute approximate surface area is 215 Å². The number of ether oxygens (including phenoxy) is 1. The van der Waals surface area contributed by atoms with E-state index in [2.05, 4.69) is 36.9 Å². The van der Waals surface area contributed by atoms with E-state index < -0.39 is 12.6 Å². The summed E-state index contributed by atoms with van der Waals surface area (Å²) in [5, 5.41) is 10.2. The summed E-state index contributed by atoms with van der Waals surface area (Å²) >= 11 is 1.15. The summed E-state index contributed by atoms with van der Waals surface area (Å²) in [5.41, 5.74) is 3.18. The summed E-state index contributed by atoms with van der Waals surface area (Å²) in [6.45, 7) is 4.28. The molecule has 1 unspecified atom stereocenters. The Kier molecular flexibility index (Phi) is 5.76. The third kappa shape index (κ3) is 4.60. The van der Waals surface area contributed by atoms with Crippen LogP contribution in [0.1, 0.15) is 29.0 Å². The van der Waals surface area contributed by atoms with E-state index in [1.165, 1.54) is 12.4 Å². The first-order valence-corrected chi connectivity index (χ1v) is 12.9. The highest BCUT2D eigenvalue weighted by molar-refractivity contribution is 7.19. The number of likely N-dealkylation sites (tertiary alicyclic amines) is 1. The van der Waals surface area contributed by atoms with Gasteiger partial charge in [-0.25, -0.2) is 9.97 Å². The number of thiophene rings is 1. The Hall–Kier alpha value is -3.36. The Morgan fingerprint density at radius 2 is 2.00 bits per heavy atom. The third-order valence-electron chi connectivity index (χ3n) is 7.51. The number of halogens is 3. The number of hydrogen-bond donors (Lipinski definition) is 1. The molecule has 5 heterocycles. The highest BCUT2D eigenvalue weighted by atomic mass is 32.1. The van der Waals surface area contributed by atoms with E-state index in [1.54, 1.807) is 7.11 Å². The molecule has 2 aliphatic heterocycles. The van der Waals surface area contributed by atoms with Gasteiger partial charge in [-0.15, -0.1) is 11.3 Å². The molecular formula is C26H25F3N6OS. The summed E-state index contributed by atoms with van der Waals surface area (Å²) in [4.78, 5) is 16.7. The van der Waals surface area contributed by atoms with Crippen LogP contribution >= 0.6 is 11.3 Å². The standard InChI is InChI=1S/C26H25F3N6OS/c1-36-22-9-20-16(7-18(11-30)33-20)6-17(22)12-34-4-2-25(13-34)3-5-35(14-25)24-23-21(31-15-32-24)8-19(37-23)10-26(27,28)29/h6-9,15,33H,2-5,10,12-14H2,1H3. The van der Waals surface area contributed by atoms with Crippen LogP contribution in [0.25, 0.3) is 21.1 Å². The Balaban J connectivity index is 1.19. The summed E-state index contributed by atoms with van der Waals surface area (Å²) in [5.74, 6) is 1.54. The van der Waals surface area contributed by atoms with E-state index in [0.29, 0.717) is 11.2 Å². The van der Waals surface area contributed by atoms with Gasteiger partial charge >= 0.3 is 6.18 Å². The molecule has 2 fully saturated rings. The zero-order valence-electron chi connectivity index (χ0n) is 20.2. The van der Waals surface area contributed by atoms with E-state index in [9.17, 15) is 18.4 Å². The van der Waals surface area contributed by atoms with Crippen molar-refractivity contribution in [3.05, 3.63) is 46.7 Å². The fraction of sp³-hybridized carbons (Fsp3) is 0.423. The van der Waals surface area contributed by atoms with Crippen LogP contribution in [-0.4, -0.2) is 59.3 Å². The molecule has 0 radical (unpaired) electrons. The average molecular weight is 527 g/mol. The molecule has 1 N–H and O–H groups in total. The van der Waals surface area contributed by atoms with Gasteiger partial charge in [-0.1, -0.05) is 0 Å². The maximum absolute atomic E-state index is 12.9. The monoisotopic (exact) mass is 526 g/mol. The van der Waals surface area contributed by atoms with Gasteiger partial charge in [-0.2, -0.15) is 18.4 Å². The number of methoxy groups -OCH3 is 1. The molecule has 2 aliphatic rings. The molecule has 7 nitrogen and oxygen atoms in total. The number of nitriles is 1. The van der Waals surface area contributed by atoms with Crippen molar-refractivity contribution in [2.24, 2.45) is 5.41 Å². The maximum atomic E-state index is 12.9. The van der Waals surface area contributed by atoms with Crippen LogP contribution in [0.3, 0.4) is 0 Å². The fourth-order valence-electron chi connectivity index (χ4n) is 5.84. The molecule has 4 aromatic rings. The van der Waals surface area contributed by atoms with Crippen molar-refractivity contribution in [3.63, 3.8) is 0 Å². The van der Waals surface area contributed by atoms with Crippen LogP contribution in [0.5, 0.6) is 5.75 Å². The van der Waals surface area contributed by atoms with Crippen LogP contribution in [0, 0.1) is 16.7 Å². The van der Waals surface area contributed by atoms with Gasteiger partial charge < -0.3 is 14.6 Å². The number of nitrogens with one attached hydrogen (secondary N) is 1. The number of aromatic amines is 1. The first-order chi connectivity index (χ1) is 17.7. The van der Waals surface area contributed by atoms with E-state index in [4.69, 9.17) is 4.74 Å². The summed E-state index contributed by atoms with van der Waals surface area (Å²) < 4.78 is 45.2. The van der Waals surface area contributed by atoms with Crippen molar-refractivity contribution in [3.8, 4) is 11.8 Å². The van der Waals surface area contributed by atoms with Crippen LogP contribution < -0.4 is 9.64 Å². The molecule has 1 spiro atoms. The lowest BCUT2D eigenvalue weighted by Gasteiger charge is -2.25. The molecule has 0 saturated carbocycles. The molecule has 6 rings (SSSR count). The van der Waals surface area contributed by atoms with E-state index in [1.807, 2.05) is 12.1 Å². The molecule has 37 heavy (non-hydrogen) atoms. The summed E-state index contributed by atoms with van der Waals surface area (Å²) in [6, 6.07) is 9.58. The van der Waals surface area contributed by atoms with Crippen LogP contribution in [-0.2, 0) is 13.0 Å². The largest absolute Gasteiger partial charge is 0.496 e. The van der Waals surface area contributed by atoms with E-state index >= 15 is 0 Å². The molecule has 0 amide bonds. The normalized spacial score (nSPS) is 20.5. The second kappa shape index (κ2) is 8.89. The summed E-state index contributed by atoms with van der Waals surface area (Å²) in [7, 11) is 1.66. The van der Waals surface area contributed by atoms with Gasteiger partial charge in [0.15, 0.2) is 0 Å². The van der Waals surface area contributed by atoms with Gasteiger partial charge in [0.1, 0.15) is 29.7 Å². The summed E-state index contributed by atoms with van der Waals surface area (Å²) in [6.07, 6.45) is -1.67. The Morgan fingerprint density at radius 1 is 1.16 bits per heavy atom. The highest BCUT2D eigenvalue weighted by Gasteiger charge is 2.44. The smallest absolute Gasteiger partial charge is 0.393 e. The minimum atomic E-state index is -4.24. The molecule has 3 aromatic heterocycles. The lowest BCUT2D eigenvalue weighted by atomic mass is 9.86. The zero-order valence-corrected chi connectivity index (χ0v) is 21.0. The molecule has 192 valence electrons. The third-order valence-corrected chi connectivity index (χ3v) is 8.63. The van der Waals surface area contributed by atoms with E-state index in [-0.39, 0.29) is 10.3 Å². The number of rotatable bonds is 5. The second-order valence-corrected chi connectivity index (χ2v) is 11.2. The fourth-order valence-corrected chi connectivity index (χ4v) is 6.99. The van der Waals surface area contributed by atoms with Gasteiger partial charge in [0.25, 0.3) is 0 Å². The first kappa shape index (κ1) is 24.0. The Bertz CT molecular complexity index is 1520. The number of H-pyrrole nitrogens is 1. The zero-order chi connectivity index (χ0) is 25.8. The average Bonchev–Trinajstić information content (AvgIpc) is 3.63. The molecule has 1 atom stereocenters. The number of anilines is 1. The number of alkyl halides is 3. The van der Waals surface area contributed by atoms with Crippen LogP contribution in [0.2, 0.25) is 0 Å². The van der Waals surface area contributed by atoms with Gasteiger partial charge in [-0.3, -0.25) is 4.90 Å². The lowest BCUT2D eigenvalue weighted by molar-refractivity contribution is -0.126. The minimum absolute atomic E-state index is 0.114. The van der Waals surface area contributed by atoms with E-state index in [0.717, 1.165) is 89.6 Å². The van der Waals surface area contributed by atoms with Crippen molar-refractivity contribution in [2.45, 2.75) is 32.0 Å². The number of benzene rings is 1. The minimum Gasteiger partial charge on any atom is -0.496 e. The number of aromatic nitrogens is 3. The van der Waals surface area contributed by atoms with Crippen molar-refractivity contribution < 1.29 is 17.9 Å². The van der Waals surface area contributed by atoms with Gasteiger partial charge in [0, 0.05) is 53.5 Å². The molecule has 11 heteroatoms. The number of fused-ring (bicyclic) bond motifs is 2. The van der Waals surface area contributed by atoms with Gasteiger partial charge in [-0.05, 0) is 37.6 Å². The highest BCUT2D eigenvalue weighted by Crippen LogP contribution is 2.44. The van der Waals surface area contributed by atoms with Crippen LogP contribution in [0.4, 0.5) is 19.0 Å². The topological polar surface area (TPSA) is 81.1 Å². The van der Waals surface area contributed by atoms with Gasteiger partial charge in [0.2, 0.25) is 0 Å². The van der Waals surface area contributed by atoms with Crippen molar-refractivity contribution in [1.82, 2.24) is 19.9 Å². The first-order valence-electron chi connectivity index (χ1n) is 12.1. The number of hydrogen-bond acceptors (Lipinski definition) is 7. The van der Waals surface area contributed by atoms with Crippen molar-refractivity contribution in [2.75, 3.05) is 38.2 Å². The van der Waals surface area contributed by atoms with Crippen molar-refractivity contribution in [1.29, 1.82) is 5.26 Å². The molecular weight excluding hydrogens is 501 g/mol. The second-order valence-electron chi connectivity index (χ2n) is 10.1. The number of nitrogens with zero attached hydrogens (tertiary/aromatic N) is 5. The van der Waals surface area contributed by atoms with Crippen molar-refractivity contribution >= 4 is 38.3 Å². The quantitative estimate of drug-likeness (QED) is 0.382. The van der Waals surface area contributed by atoms with Crippen LogP contribution in [0.15, 0.2) is 30.6 Å². The predicted molar refractivity (Wildman–Crippen MR) is 136 cm³/mol. The molecule has 1 aromatic carbocycles. The molecule has 0 bridgehead atoms. The maximum Gasteiger partial charge on any atom is 0.393 e. The van der Waals surface area contributed by atoms with Gasteiger partial charge in [0.05, 0.1) is 29.3 Å². The lowest BCUT2D eigenvalue weighted by Crippen LogP contribution is -2.31. The predicted octanol–water partition coefficient (Wildman–Crippen LogP) is 5.26. The molecule has 2 saturated heterocycles. The SMILES string of the molecule is COc1cc2[nH]c(C#N)cc2cc1CN1CCC2(CCN(c3ncnc4cc(CC(F)(F)F)sc34)C2)C1. The Morgan fingerprint density at radius 3 is 2.78 bits per heavy atom.